The lowest BCUT2D eigenvalue weighted by atomic mass is 10.1. The molecule has 2 atom stereocenters. The van der Waals surface area contributed by atoms with Crippen molar-refractivity contribution in [3.05, 3.63) is 35.2 Å². The SMILES string of the molecule is CC1CN(c2nc(-c3ccccc3)c(CO)s2)CC(C)S1. The molecule has 0 spiro atoms. The fraction of sp³-hybridized carbons (Fsp3) is 0.438. The Balaban J connectivity index is 1.92. The van der Waals surface area contributed by atoms with Crippen molar-refractivity contribution in [1.29, 1.82) is 0 Å². The lowest BCUT2D eigenvalue weighted by Crippen LogP contribution is -2.40. The van der Waals surface area contributed by atoms with Crippen LogP contribution >= 0.6 is 23.1 Å². The summed E-state index contributed by atoms with van der Waals surface area (Å²) in [7, 11) is 0. The quantitative estimate of drug-likeness (QED) is 0.937. The van der Waals surface area contributed by atoms with E-state index in [-0.39, 0.29) is 6.61 Å². The van der Waals surface area contributed by atoms with E-state index in [9.17, 15) is 5.11 Å². The van der Waals surface area contributed by atoms with Crippen LogP contribution < -0.4 is 4.90 Å². The number of thioether (sulfide) groups is 1. The number of nitrogens with zero attached hydrogens (tertiary/aromatic N) is 2. The van der Waals surface area contributed by atoms with Crippen molar-refractivity contribution >= 4 is 28.2 Å². The molecule has 0 aliphatic carbocycles. The van der Waals surface area contributed by atoms with Crippen molar-refractivity contribution in [1.82, 2.24) is 4.98 Å². The third kappa shape index (κ3) is 3.25. The lowest BCUT2D eigenvalue weighted by Gasteiger charge is -2.34. The highest BCUT2D eigenvalue weighted by Gasteiger charge is 2.25. The fourth-order valence-electron chi connectivity index (χ4n) is 2.74. The zero-order valence-electron chi connectivity index (χ0n) is 12.3. The summed E-state index contributed by atoms with van der Waals surface area (Å²) in [4.78, 5) is 8.14. The van der Waals surface area contributed by atoms with E-state index in [1.165, 1.54) is 0 Å². The Hall–Kier alpha value is -1.04. The molecular weight excluding hydrogens is 300 g/mol. The maximum Gasteiger partial charge on any atom is 0.186 e. The van der Waals surface area contributed by atoms with Gasteiger partial charge in [0.1, 0.15) is 0 Å². The minimum atomic E-state index is 0.0512. The molecule has 3 nitrogen and oxygen atoms in total. The van der Waals surface area contributed by atoms with Crippen molar-refractivity contribution in [2.75, 3.05) is 18.0 Å². The third-order valence-corrected chi connectivity index (χ3v) is 5.90. The maximum absolute atomic E-state index is 9.64. The minimum absolute atomic E-state index is 0.0512. The first-order valence-corrected chi connectivity index (χ1v) is 8.99. The second kappa shape index (κ2) is 6.38. The second-order valence-corrected chi connectivity index (χ2v) is 8.40. The van der Waals surface area contributed by atoms with Gasteiger partial charge in [-0.25, -0.2) is 4.98 Å². The number of rotatable bonds is 3. The third-order valence-electron chi connectivity index (χ3n) is 3.57. The molecule has 1 N–H and O–H groups in total. The van der Waals surface area contributed by atoms with Gasteiger partial charge in [-0.15, -0.1) is 0 Å². The van der Waals surface area contributed by atoms with Crippen LogP contribution in [0.15, 0.2) is 30.3 Å². The molecule has 112 valence electrons. The van der Waals surface area contributed by atoms with Gasteiger partial charge >= 0.3 is 0 Å². The van der Waals surface area contributed by atoms with Crippen LogP contribution in [0.2, 0.25) is 0 Å². The van der Waals surface area contributed by atoms with E-state index in [0.717, 1.165) is 34.4 Å². The number of anilines is 1. The van der Waals surface area contributed by atoms with E-state index in [1.54, 1.807) is 11.3 Å². The molecule has 1 aromatic heterocycles. The predicted octanol–water partition coefficient (Wildman–Crippen LogP) is 3.63. The average molecular weight is 320 g/mol. The Morgan fingerprint density at radius 3 is 2.48 bits per heavy atom. The van der Waals surface area contributed by atoms with Crippen LogP contribution in [0, 0.1) is 0 Å². The van der Waals surface area contributed by atoms with Gasteiger partial charge < -0.3 is 10.0 Å². The Kier molecular flexibility index (Phi) is 4.52. The summed E-state index contributed by atoms with van der Waals surface area (Å²) in [5.41, 5.74) is 2.01. The fourth-order valence-corrected chi connectivity index (χ4v) is 5.02. The van der Waals surface area contributed by atoms with E-state index in [0.29, 0.717) is 10.5 Å². The van der Waals surface area contributed by atoms with Gasteiger partial charge in [0.05, 0.1) is 17.2 Å². The number of hydrogen-bond donors (Lipinski definition) is 1. The Labute approximate surface area is 134 Å². The van der Waals surface area contributed by atoms with Crippen LogP contribution in [0.5, 0.6) is 0 Å². The van der Waals surface area contributed by atoms with Crippen LogP contribution in [0.1, 0.15) is 18.7 Å². The number of hydrogen-bond acceptors (Lipinski definition) is 5. The van der Waals surface area contributed by atoms with Gasteiger partial charge in [0.15, 0.2) is 5.13 Å². The number of thiazole rings is 1. The zero-order chi connectivity index (χ0) is 14.8. The van der Waals surface area contributed by atoms with Crippen LogP contribution in [0.25, 0.3) is 11.3 Å². The normalized spacial score (nSPS) is 22.5. The van der Waals surface area contributed by atoms with Crippen molar-refractivity contribution in [3.8, 4) is 11.3 Å². The van der Waals surface area contributed by atoms with Gasteiger partial charge in [0.25, 0.3) is 0 Å². The largest absolute Gasteiger partial charge is 0.391 e. The second-order valence-electron chi connectivity index (χ2n) is 5.45. The van der Waals surface area contributed by atoms with Gasteiger partial charge in [0, 0.05) is 29.2 Å². The molecule has 0 bridgehead atoms. The minimum Gasteiger partial charge on any atom is -0.391 e. The summed E-state index contributed by atoms with van der Waals surface area (Å²) in [6.45, 7) is 6.65. The zero-order valence-corrected chi connectivity index (χ0v) is 14.0. The summed E-state index contributed by atoms with van der Waals surface area (Å²) < 4.78 is 0. The smallest absolute Gasteiger partial charge is 0.186 e. The molecule has 0 saturated carbocycles. The van der Waals surface area contributed by atoms with E-state index >= 15 is 0 Å². The van der Waals surface area contributed by atoms with Crippen LogP contribution in [0.3, 0.4) is 0 Å². The number of aromatic nitrogens is 1. The number of aliphatic hydroxyl groups is 1. The van der Waals surface area contributed by atoms with E-state index in [1.807, 2.05) is 30.0 Å². The first kappa shape index (κ1) is 14.9. The number of aliphatic hydroxyl groups excluding tert-OH is 1. The van der Waals surface area contributed by atoms with Gasteiger partial charge in [-0.1, -0.05) is 55.5 Å². The molecule has 2 aromatic rings. The molecule has 1 saturated heterocycles. The maximum atomic E-state index is 9.64. The van der Waals surface area contributed by atoms with Crippen LogP contribution in [-0.4, -0.2) is 33.7 Å². The summed E-state index contributed by atoms with van der Waals surface area (Å²) in [6.07, 6.45) is 0. The number of benzene rings is 1. The highest BCUT2D eigenvalue weighted by atomic mass is 32.2. The summed E-state index contributed by atoms with van der Waals surface area (Å²) >= 11 is 3.66. The Morgan fingerprint density at radius 1 is 1.19 bits per heavy atom. The first-order chi connectivity index (χ1) is 10.2. The first-order valence-electron chi connectivity index (χ1n) is 7.23. The van der Waals surface area contributed by atoms with Crippen molar-refractivity contribution in [2.45, 2.75) is 31.0 Å². The van der Waals surface area contributed by atoms with Gasteiger partial charge in [0.2, 0.25) is 0 Å². The highest BCUT2D eigenvalue weighted by molar-refractivity contribution is 8.00. The van der Waals surface area contributed by atoms with Gasteiger partial charge in [-0.3, -0.25) is 0 Å². The molecule has 1 aliphatic heterocycles. The molecule has 5 heteroatoms. The molecule has 1 fully saturated rings. The lowest BCUT2D eigenvalue weighted by molar-refractivity contribution is 0.286. The predicted molar refractivity (Wildman–Crippen MR) is 92.2 cm³/mol. The van der Waals surface area contributed by atoms with E-state index in [4.69, 9.17) is 4.98 Å². The highest BCUT2D eigenvalue weighted by Crippen LogP contribution is 2.36. The summed E-state index contributed by atoms with van der Waals surface area (Å²) in [6, 6.07) is 10.1. The molecule has 1 aliphatic rings. The molecule has 21 heavy (non-hydrogen) atoms. The standard InChI is InChI=1S/C16H20N2OS2/c1-11-8-18(9-12(2)20-11)16-17-15(14(10-19)21-16)13-6-4-3-5-7-13/h3-7,11-12,19H,8-10H2,1-2H3. The summed E-state index contributed by atoms with van der Waals surface area (Å²) in [5, 5.41) is 11.9. The molecule has 2 heterocycles. The molecule has 0 amide bonds. The Morgan fingerprint density at radius 2 is 1.86 bits per heavy atom. The van der Waals surface area contributed by atoms with Crippen molar-refractivity contribution in [2.24, 2.45) is 0 Å². The van der Waals surface area contributed by atoms with Crippen LogP contribution in [-0.2, 0) is 6.61 Å². The van der Waals surface area contributed by atoms with E-state index < -0.39 is 0 Å². The van der Waals surface area contributed by atoms with Gasteiger partial charge in [-0.05, 0) is 0 Å². The molecule has 2 unspecified atom stereocenters. The van der Waals surface area contributed by atoms with Crippen molar-refractivity contribution in [3.63, 3.8) is 0 Å². The van der Waals surface area contributed by atoms with Gasteiger partial charge in [-0.2, -0.15) is 11.8 Å². The van der Waals surface area contributed by atoms with Crippen LogP contribution in [0.4, 0.5) is 5.13 Å². The monoisotopic (exact) mass is 320 g/mol. The van der Waals surface area contributed by atoms with E-state index in [2.05, 4.69) is 30.9 Å². The molecular formula is C16H20N2OS2. The topological polar surface area (TPSA) is 36.4 Å². The Bertz CT molecular complexity index is 590. The molecule has 3 rings (SSSR count). The van der Waals surface area contributed by atoms with Crippen molar-refractivity contribution < 1.29 is 5.11 Å². The molecule has 1 aromatic carbocycles. The molecule has 0 radical (unpaired) electrons. The summed E-state index contributed by atoms with van der Waals surface area (Å²) in [5.74, 6) is 0. The average Bonchev–Trinajstić information content (AvgIpc) is 2.91.